The van der Waals surface area contributed by atoms with Gasteiger partial charge >= 0.3 is 41.5 Å². The van der Waals surface area contributed by atoms with Gasteiger partial charge in [0.2, 0.25) is 0 Å². The van der Waals surface area contributed by atoms with Gasteiger partial charge in [-0.15, -0.1) is 9.24 Å². The molecule has 0 saturated carbocycles. The fourth-order valence-corrected chi connectivity index (χ4v) is 0.819. The van der Waals surface area contributed by atoms with Crippen molar-refractivity contribution in [3.05, 3.63) is 0 Å². The number of carboxylic acids is 1. The number of carbonyl (C=O) groups excluding carboxylic acids is 1. The van der Waals surface area contributed by atoms with Crippen LogP contribution in [-0.2, 0) is 14.3 Å². The topological polar surface area (TPSA) is 63.6 Å². The average Bonchev–Trinajstić information content (AvgIpc) is 1.86. The van der Waals surface area contributed by atoms with Crippen molar-refractivity contribution >= 4 is 50.7 Å². The summed E-state index contributed by atoms with van der Waals surface area (Å²) >= 11 is 0. The molecule has 1 N–H and O–H groups in total. The van der Waals surface area contributed by atoms with Crippen LogP contribution in [0.3, 0.4) is 0 Å². The van der Waals surface area contributed by atoms with Crippen molar-refractivity contribution in [3.8, 4) is 0 Å². The van der Waals surface area contributed by atoms with E-state index in [0.717, 1.165) is 0 Å². The molecule has 0 aromatic heterocycles. The molecule has 0 saturated heterocycles. The SMILES string of the molecule is CCOC(=O)C(P)CC(=O)O.[NaH]. The van der Waals surface area contributed by atoms with Crippen LogP contribution >= 0.6 is 9.24 Å². The monoisotopic (exact) mass is 202 g/mol. The zero-order chi connectivity index (χ0) is 8.85. The van der Waals surface area contributed by atoms with Crippen molar-refractivity contribution in [1.29, 1.82) is 0 Å². The molecule has 0 aromatic carbocycles. The Hall–Kier alpha value is 0.370. The second-order valence-corrected chi connectivity index (χ2v) is 2.76. The summed E-state index contributed by atoms with van der Waals surface area (Å²) in [6.07, 6.45) is -0.205. The van der Waals surface area contributed by atoms with Crippen LogP contribution in [-0.4, -0.2) is 58.9 Å². The van der Waals surface area contributed by atoms with E-state index in [1.165, 1.54) is 0 Å². The Kier molecular flexibility index (Phi) is 9.90. The molecule has 0 spiro atoms. The second kappa shape index (κ2) is 7.99. The third-order valence-corrected chi connectivity index (χ3v) is 1.49. The van der Waals surface area contributed by atoms with Crippen LogP contribution in [0.4, 0.5) is 0 Å². The number of hydrogen-bond acceptors (Lipinski definition) is 3. The summed E-state index contributed by atoms with van der Waals surface area (Å²) in [5.74, 6) is -1.49. The third kappa shape index (κ3) is 7.04. The van der Waals surface area contributed by atoms with Gasteiger partial charge in [-0.3, -0.25) is 9.59 Å². The number of esters is 1. The van der Waals surface area contributed by atoms with E-state index >= 15 is 0 Å². The van der Waals surface area contributed by atoms with E-state index in [1.54, 1.807) is 6.92 Å². The Balaban J connectivity index is 0. The van der Waals surface area contributed by atoms with Gasteiger partial charge in [-0.25, -0.2) is 0 Å². The minimum absolute atomic E-state index is 0. The van der Waals surface area contributed by atoms with Crippen LogP contribution in [0.2, 0.25) is 0 Å². The Morgan fingerprint density at radius 3 is 2.42 bits per heavy atom. The maximum absolute atomic E-state index is 10.8. The van der Waals surface area contributed by atoms with Gasteiger partial charge in [-0.2, -0.15) is 0 Å². The van der Waals surface area contributed by atoms with Gasteiger partial charge in [0.25, 0.3) is 0 Å². The molecule has 2 unspecified atom stereocenters. The standard InChI is InChI=1S/C6H11O4P.Na.H/c1-2-10-6(9)4(11)3-5(7)8;;/h4H,2-3,11H2,1H3,(H,7,8);;. The maximum atomic E-state index is 10.8. The molecule has 0 amide bonds. The molecule has 0 rings (SSSR count). The number of aliphatic carboxylic acids is 1. The molecule has 12 heavy (non-hydrogen) atoms. The molecular weight excluding hydrogens is 190 g/mol. The Labute approximate surface area is 95.5 Å². The first kappa shape index (κ1) is 14.9. The third-order valence-electron chi connectivity index (χ3n) is 0.984. The van der Waals surface area contributed by atoms with Crippen LogP contribution in [0, 0.1) is 0 Å². The predicted molar refractivity (Wildman–Crippen MR) is 49.5 cm³/mol. The second-order valence-electron chi connectivity index (χ2n) is 1.96. The van der Waals surface area contributed by atoms with E-state index in [2.05, 4.69) is 14.0 Å². The minimum atomic E-state index is -1.00. The van der Waals surface area contributed by atoms with Crippen LogP contribution in [0.15, 0.2) is 0 Å². The van der Waals surface area contributed by atoms with Gasteiger partial charge in [0.1, 0.15) is 0 Å². The normalized spacial score (nSPS) is 11.2. The quantitative estimate of drug-likeness (QED) is 0.383. The van der Waals surface area contributed by atoms with E-state index < -0.39 is 17.6 Å². The van der Waals surface area contributed by atoms with Crippen molar-refractivity contribution < 1.29 is 19.4 Å². The number of ether oxygens (including phenoxy) is 1. The number of carboxylic acid groups (broad SMARTS) is 1. The van der Waals surface area contributed by atoms with Gasteiger partial charge < -0.3 is 9.84 Å². The molecule has 0 aliphatic rings. The van der Waals surface area contributed by atoms with Crippen molar-refractivity contribution in [1.82, 2.24) is 0 Å². The molecular formula is C6H12NaO4P. The summed E-state index contributed by atoms with van der Waals surface area (Å²) < 4.78 is 4.58. The number of hydrogen-bond donors (Lipinski definition) is 1. The molecule has 0 aliphatic heterocycles. The fraction of sp³-hybridized carbons (Fsp3) is 0.667. The van der Waals surface area contributed by atoms with Gasteiger partial charge in [-0.1, -0.05) is 0 Å². The summed E-state index contributed by atoms with van der Waals surface area (Å²) in [6.45, 7) is 1.96. The molecule has 66 valence electrons. The van der Waals surface area contributed by atoms with Gasteiger partial charge in [0, 0.05) is 0 Å². The van der Waals surface area contributed by atoms with Crippen LogP contribution in [0.25, 0.3) is 0 Å². The molecule has 0 radical (unpaired) electrons. The van der Waals surface area contributed by atoms with Crippen molar-refractivity contribution in [2.24, 2.45) is 0 Å². The molecule has 0 fully saturated rings. The predicted octanol–water partition coefficient (Wildman–Crippen LogP) is -0.381. The van der Waals surface area contributed by atoms with Gasteiger partial charge in [0.05, 0.1) is 18.7 Å². The first-order valence-electron chi connectivity index (χ1n) is 3.22. The summed E-state index contributed by atoms with van der Waals surface area (Å²) in [7, 11) is 2.14. The molecule has 4 nitrogen and oxygen atoms in total. The zero-order valence-corrected chi connectivity index (χ0v) is 7.40. The summed E-state index contributed by atoms with van der Waals surface area (Å²) in [4.78, 5) is 20.9. The van der Waals surface area contributed by atoms with Gasteiger partial charge in [-0.05, 0) is 6.92 Å². The van der Waals surface area contributed by atoms with E-state index in [1.807, 2.05) is 0 Å². The Bertz CT molecular complexity index is 162. The fourth-order valence-electron chi connectivity index (χ4n) is 0.521. The van der Waals surface area contributed by atoms with Crippen molar-refractivity contribution in [2.45, 2.75) is 19.0 Å². The molecule has 0 aromatic rings. The van der Waals surface area contributed by atoms with Crippen molar-refractivity contribution in [3.63, 3.8) is 0 Å². The van der Waals surface area contributed by atoms with E-state index in [9.17, 15) is 9.59 Å². The Morgan fingerprint density at radius 2 is 2.08 bits per heavy atom. The van der Waals surface area contributed by atoms with Crippen molar-refractivity contribution in [2.75, 3.05) is 6.61 Å². The molecule has 0 heterocycles. The molecule has 0 aliphatic carbocycles. The molecule has 6 heteroatoms. The van der Waals surface area contributed by atoms with Gasteiger partial charge in [0.15, 0.2) is 0 Å². The van der Waals surface area contributed by atoms with Crippen LogP contribution in [0.5, 0.6) is 0 Å². The summed E-state index contributed by atoms with van der Waals surface area (Å²) in [5.41, 5.74) is -0.632. The zero-order valence-electron chi connectivity index (χ0n) is 6.24. The Morgan fingerprint density at radius 1 is 1.58 bits per heavy atom. The molecule has 0 bridgehead atoms. The van der Waals surface area contributed by atoms with E-state index in [0.29, 0.717) is 0 Å². The summed E-state index contributed by atoms with van der Waals surface area (Å²) in [6, 6.07) is 0. The van der Waals surface area contributed by atoms with Crippen LogP contribution in [0.1, 0.15) is 13.3 Å². The number of rotatable bonds is 4. The summed E-state index contributed by atoms with van der Waals surface area (Å²) in [5, 5.41) is 8.28. The van der Waals surface area contributed by atoms with E-state index in [-0.39, 0.29) is 42.6 Å². The van der Waals surface area contributed by atoms with E-state index in [4.69, 9.17) is 5.11 Å². The average molecular weight is 202 g/mol. The number of carbonyl (C=O) groups is 2. The van der Waals surface area contributed by atoms with Crippen LogP contribution < -0.4 is 0 Å². The first-order valence-corrected chi connectivity index (χ1v) is 3.88. The molecule has 2 atom stereocenters. The first-order chi connectivity index (χ1) is 5.07.